The van der Waals surface area contributed by atoms with Crippen molar-refractivity contribution in [2.24, 2.45) is 11.8 Å². The highest BCUT2D eigenvalue weighted by Crippen LogP contribution is 2.33. The van der Waals surface area contributed by atoms with Crippen molar-refractivity contribution in [3.8, 4) is 16.9 Å². The highest BCUT2D eigenvalue weighted by atomic mass is 32.1. The van der Waals surface area contributed by atoms with Crippen LogP contribution in [-0.2, 0) is 4.79 Å². The summed E-state index contributed by atoms with van der Waals surface area (Å²) in [5, 5.41) is 9.32. The van der Waals surface area contributed by atoms with E-state index in [9.17, 15) is 14.7 Å². The molecule has 5 nitrogen and oxygen atoms in total. The predicted molar refractivity (Wildman–Crippen MR) is 102 cm³/mol. The van der Waals surface area contributed by atoms with Crippen LogP contribution >= 0.6 is 11.3 Å². The van der Waals surface area contributed by atoms with E-state index in [0.717, 1.165) is 21.8 Å². The Balaban J connectivity index is 1.83. The van der Waals surface area contributed by atoms with Crippen molar-refractivity contribution in [3.05, 3.63) is 40.1 Å². The third kappa shape index (κ3) is 3.75. The molecule has 1 fully saturated rings. The zero-order valence-corrected chi connectivity index (χ0v) is 16.0. The van der Waals surface area contributed by atoms with Crippen LogP contribution in [0.2, 0.25) is 0 Å². The summed E-state index contributed by atoms with van der Waals surface area (Å²) in [6.07, 6.45) is 0.625. The molecule has 1 saturated heterocycles. The Morgan fingerprint density at radius 2 is 1.92 bits per heavy atom. The zero-order valence-electron chi connectivity index (χ0n) is 15.2. The number of carbonyl (C=O) groups excluding carboxylic acids is 1. The molecule has 0 radical (unpaired) electrons. The van der Waals surface area contributed by atoms with Gasteiger partial charge in [0.25, 0.3) is 5.91 Å². The summed E-state index contributed by atoms with van der Waals surface area (Å²) in [4.78, 5) is 27.7. The van der Waals surface area contributed by atoms with Crippen molar-refractivity contribution in [2.45, 2.75) is 20.3 Å². The molecule has 1 aromatic heterocycles. The minimum absolute atomic E-state index is 0.0735. The standard InChI is InChI=1S/C20H23NO4S/c1-12-8-15(20(23)24)11-21(10-12)19(22)18-9-17(13(2)26-18)14-4-6-16(25-3)7-5-14/h4-7,9,12,15H,8,10-11H2,1-3H3,(H,23,24). The lowest BCUT2D eigenvalue weighted by atomic mass is 9.90. The number of benzene rings is 1. The number of carbonyl (C=O) groups is 2. The van der Waals surface area contributed by atoms with Gasteiger partial charge in [0.2, 0.25) is 0 Å². The number of aliphatic carboxylic acids is 1. The Morgan fingerprint density at radius 3 is 2.54 bits per heavy atom. The van der Waals surface area contributed by atoms with Crippen LogP contribution in [0.1, 0.15) is 27.9 Å². The van der Waals surface area contributed by atoms with Crippen molar-refractivity contribution in [2.75, 3.05) is 20.2 Å². The summed E-state index contributed by atoms with van der Waals surface area (Å²) in [5.74, 6) is -0.396. The smallest absolute Gasteiger partial charge is 0.308 e. The molecule has 1 amide bonds. The van der Waals surface area contributed by atoms with Gasteiger partial charge in [-0.3, -0.25) is 9.59 Å². The molecule has 2 atom stereocenters. The first kappa shape index (κ1) is 18.5. The molecule has 26 heavy (non-hydrogen) atoms. The number of amides is 1. The predicted octanol–water partition coefficient (Wildman–Crippen LogP) is 3.91. The Kier molecular flexibility index (Phi) is 5.32. The number of carboxylic acid groups (broad SMARTS) is 1. The number of rotatable bonds is 4. The number of thiophene rings is 1. The SMILES string of the molecule is COc1ccc(-c2cc(C(=O)N3CC(C)CC(C(=O)O)C3)sc2C)cc1. The number of nitrogens with zero attached hydrogens (tertiary/aromatic N) is 1. The summed E-state index contributed by atoms with van der Waals surface area (Å²) in [5.41, 5.74) is 2.06. The number of piperidine rings is 1. The van der Waals surface area contributed by atoms with Crippen molar-refractivity contribution < 1.29 is 19.4 Å². The summed E-state index contributed by atoms with van der Waals surface area (Å²) in [6.45, 7) is 4.89. The third-order valence-electron chi connectivity index (χ3n) is 4.83. The monoisotopic (exact) mass is 373 g/mol. The molecule has 2 heterocycles. The fourth-order valence-electron chi connectivity index (χ4n) is 3.50. The van der Waals surface area contributed by atoms with Crippen molar-refractivity contribution in [1.29, 1.82) is 0 Å². The summed E-state index contributed by atoms with van der Waals surface area (Å²) in [7, 11) is 1.63. The quantitative estimate of drug-likeness (QED) is 0.882. The molecular weight excluding hydrogens is 350 g/mol. The zero-order chi connectivity index (χ0) is 18.8. The van der Waals surface area contributed by atoms with Crippen LogP contribution in [0.4, 0.5) is 0 Å². The van der Waals surface area contributed by atoms with Crippen LogP contribution in [0.15, 0.2) is 30.3 Å². The second kappa shape index (κ2) is 7.50. The van der Waals surface area contributed by atoms with Crippen molar-refractivity contribution in [1.82, 2.24) is 4.90 Å². The largest absolute Gasteiger partial charge is 0.497 e. The van der Waals surface area contributed by atoms with E-state index in [2.05, 4.69) is 0 Å². The maximum absolute atomic E-state index is 12.9. The lowest BCUT2D eigenvalue weighted by Crippen LogP contribution is -2.45. The molecule has 2 unspecified atom stereocenters. The van der Waals surface area contributed by atoms with Gasteiger partial charge in [0, 0.05) is 18.0 Å². The van der Waals surface area contributed by atoms with Gasteiger partial charge >= 0.3 is 5.97 Å². The lowest BCUT2D eigenvalue weighted by molar-refractivity contribution is -0.143. The van der Waals surface area contributed by atoms with Gasteiger partial charge in [-0.2, -0.15) is 0 Å². The van der Waals surface area contributed by atoms with Gasteiger partial charge in [-0.05, 0) is 48.6 Å². The molecule has 138 valence electrons. The Labute approximate surface area is 157 Å². The summed E-state index contributed by atoms with van der Waals surface area (Å²) >= 11 is 1.46. The molecule has 1 aliphatic rings. The molecule has 3 rings (SSSR count). The van der Waals surface area contributed by atoms with E-state index < -0.39 is 11.9 Å². The molecule has 1 aromatic carbocycles. The molecule has 0 aliphatic carbocycles. The van der Waals surface area contributed by atoms with Gasteiger partial charge in [0.1, 0.15) is 5.75 Å². The average Bonchev–Trinajstić information content (AvgIpc) is 3.02. The Bertz CT molecular complexity index is 812. The van der Waals surface area contributed by atoms with E-state index in [1.165, 1.54) is 11.3 Å². The molecular formula is C20H23NO4S. The Morgan fingerprint density at radius 1 is 1.23 bits per heavy atom. The normalized spacial score (nSPS) is 20.0. The highest BCUT2D eigenvalue weighted by molar-refractivity contribution is 7.14. The van der Waals surface area contributed by atoms with E-state index in [1.807, 2.05) is 44.2 Å². The molecule has 2 aromatic rings. The van der Waals surface area contributed by atoms with Gasteiger partial charge in [0.15, 0.2) is 0 Å². The molecule has 0 spiro atoms. The second-order valence-corrected chi connectivity index (χ2v) is 8.15. The molecule has 0 bridgehead atoms. The molecule has 1 aliphatic heterocycles. The van der Waals surface area contributed by atoms with Crippen LogP contribution in [0.25, 0.3) is 11.1 Å². The van der Waals surface area contributed by atoms with E-state index in [-0.39, 0.29) is 18.4 Å². The summed E-state index contributed by atoms with van der Waals surface area (Å²) in [6, 6.07) is 9.67. The fourth-order valence-corrected chi connectivity index (χ4v) is 4.51. The number of aryl methyl sites for hydroxylation is 1. The highest BCUT2D eigenvalue weighted by Gasteiger charge is 2.33. The number of hydrogen-bond donors (Lipinski definition) is 1. The van der Waals surface area contributed by atoms with Crippen LogP contribution in [-0.4, -0.2) is 42.1 Å². The summed E-state index contributed by atoms with van der Waals surface area (Å²) < 4.78 is 5.19. The molecule has 6 heteroatoms. The number of likely N-dealkylation sites (tertiary alicyclic amines) is 1. The Hall–Kier alpha value is -2.34. The van der Waals surface area contributed by atoms with E-state index in [4.69, 9.17) is 4.74 Å². The molecule has 0 saturated carbocycles. The van der Waals surface area contributed by atoms with Gasteiger partial charge in [-0.15, -0.1) is 11.3 Å². The second-order valence-electron chi connectivity index (χ2n) is 6.90. The maximum atomic E-state index is 12.9. The number of hydrogen-bond acceptors (Lipinski definition) is 4. The first-order chi connectivity index (χ1) is 12.4. The first-order valence-electron chi connectivity index (χ1n) is 8.66. The number of carboxylic acids is 1. The minimum Gasteiger partial charge on any atom is -0.497 e. The van der Waals surface area contributed by atoms with Gasteiger partial charge in [-0.1, -0.05) is 19.1 Å². The van der Waals surface area contributed by atoms with Gasteiger partial charge < -0.3 is 14.7 Å². The van der Waals surface area contributed by atoms with Crippen LogP contribution in [0, 0.1) is 18.8 Å². The molecule has 1 N–H and O–H groups in total. The van der Waals surface area contributed by atoms with Crippen molar-refractivity contribution in [3.63, 3.8) is 0 Å². The van der Waals surface area contributed by atoms with E-state index in [1.54, 1.807) is 12.0 Å². The van der Waals surface area contributed by atoms with Crippen LogP contribution in [0.5, 0.6) is 5.75 Å². The topological polar surface area (TPSA) is 66.8 Å². The van der Waals surface area contributed by atoms with E-state index in [0.29, 0.717) is 17.8 Å². The fraction of sp³-hybridized carbons (Fsp3) is 0.400. The van der Waals surface area contributed by atoms with Crippen molar-refractivity contribution >= 4 is 23.2 Å². The van der Waals surface area contributed by atoms with E-state index >= 15 is 0 Å². The first-order valence-corrected chi connectivity index (χ1v) is 9.47. The number of methoxy groups -OCH3 is 1. The lowest BCUT2D eigenvalue weighted by Gasteiger charge is -2.34. The van der Waals surface area contributed by atoms with Gasteiger partial charge in [0.05, 0.1) is 17.9 Å². The van der Waals surface area contributed by atoms with Crippen LogP contribution < -0.4 is 4.74 Å². The average molecular weight is 373 g/mol. The van der Waals surface area contributed by atoms with Crippen LogP contribution in [0.3, 0.4) is 0 Å². The minimum atomic E-state index is -0.823. The maximum Gasteiger partial charge on any atom is 0.308 e. The number of ether oxygens (including phenoxy) is 1. The third-order valence-corrected chi connectivity index (χ3v) is 5.86. The van der Waals surface area contributed by atoms with Gasteiger partial charge in [-0.25, -0.2) is 0 Å².